The number of hydrogen-bond donors (Lipinski definition) is 1. The number of methoxy groups -OCH3 is 2. The van der Waals surface area contributed by atoms with Gasteiger partial charge in [-0.05, 0) is 43.2 Å². The van der Waals surface area contributed by atoms with Crippen LogP contribution in [0.5, 0.6) is 11.5 Å². The SMILES string of the molecule is COc1ccc(CCNc2cccc(C)n2)cc1OC. The van der Waals surface area contributed by atoms with E-state index in [2.05, 4.69) is 10.3 Å². The fourth-order valence-corrected chi connectivity index (χ4v) is 2.01. The zero-order valence-electron chi connectivity index (χ0n) is 12.1. The Morgan fingerprint density at radius 1 is 1.05 bits per heavy atom. The van der Waals surface area contributed by atoms with E-state index in [1.54, 1.807) is 14.2 Å². The molecule has 0 bridgehead atoms. The minimum atomic E-state index is 0.754. The molecule has 1 N–H and O–H groups in total. The molecule has 2 aromatic rings. The summed E-state index contributed by atoms with van der Waals surface area (Å²) in [7, 11) is 3.29. The van der Waals surface area contributed by atoms with Gasteiger partial charge in [-0.1, -0.05) is 12.1 Å². The molecule has 0 aliphatic rings. The normalized spacial score (nSPS) is 10.2. The third-order valence-electron chi connectivity index (χ3n) is 3.06. The van der Waals surface area contributed by atoms with Gasteiger partial charge in [-0.3, -0.25) is 0 Å². The maximum atomic E-state index is 5.30. The van der Waals surface area contributed by atoms with Crippen molar-refractivity contribution in [2.45, 2.75) is 13.3 Å². The molecule has 1 aromatic carbocycles. The summed E-state index contributed by atoms with van der Waals surface area (Å²) in [5, 5.41) is 3.32. The van der Waals surface area contributed by atoms with Crippen molar-refractivity contribution >= 4 is 5.82 Å². The van der Waals surface area contributed by atoms with Gasteiger partial charge in [0.25, 0.3) is 0 Å². The van der Waals surface area contributed by atoms with Crippen molar-refractivity contribution in [3.8, 4) is 11.5 Å². The van der Waals surface area contributed by atoms with Gasteiger partial charge in [0.2, 0.25) is 0 Å². The Balaban J connectivity index is 1.94. The van der Waals surface area contributed by atoms with Crippen molar-refractivity contribution in [3.05, 3.63) is 47.7 Å². The quantitative estimate of drug-likeness (QED) is 0.877. The maximum absolute atomic E-state index is 5.30. The first-order valence-corrected chi connectivity index (χ1v) is 6.61. The van der Waals surface area contributed by atoms with Crippen molar-refractivity contribution in [1.29, 1.82) is 0 Å². The minimum absolute atomic E-state index is 0.754. The number of nitrogens with zero attached hydrogens (tertiary/aromatic N) is 1. The second-order valence-electron chi connectivity index (χ2n) is 4.53. The van der Waals surface area contributed by atoms with E-state index in [0.29, 0.717) is 0 Å². The second kappa shape index (κ2) is 6.80. The molecular weight excluding hydrogens is 252 g/mol. The van der Waals surface area contributed by atoms with Crippen LogP contribution in [0.3, 0.4) is 0 Å². The van der Waals surface area contributed by atoms with Crippen LogP contribution in [0.15, 0.2) is 36.4 Å². The van der Waals surface area contributed by atoms with Crippen LogP contribution in [0, 0.1) is 6.92 Å². The summed E-state index contributed by atoms with van der Waals surface area (Å²) in [6.45, 7) is 2.81. The highest BCUT2D eigenvalue weighted by atomic mass is 16.5. The van der Waals surface area contributed by atoms with Crippen LogP contribution in [-0.4, -0.2) is 25.7 Å². The molecule has 0 amide bonds. The van der Waals surface area contributed by atoms with Crippen molar-refractivity contribution in [2.24, 2.45) is 0 Å². The molecule has 1 aromatic heterocycles. The van der Waals surface area contributed by atoms with E-state index in [-0.39, 0.29) is 0 Å². The Morgan fingerprint density at radius 3 is 2.55 bits per heavy atom. The number of anilines is 1. The molecule has 106 valence electrons. The molecular formula is C16H20N2O2. The molecule has 0 saturated heterocycles. The van der Waals surface area contributed by atoms with Crippen LogP contribution in [0.2, 0.25) is 0 Å². The lowest BCUT2D eigenvalue weighted by Crippen LogP contribution is -2.06. The number of aromatic nitrogens is 1. The number of aryl methyl sites for hydroxylation is 1. The van der Waals surface area contributed by atoms with Crippen LogP contribution in [-0.2, 0) is 6.42 Å². The lowest BCUT2D eigenvalue weighted by Gasteiger charge is -2.10. The van der Waals surface area contributed by atoms with Crippen molar-refractivity contribution in [3.63, 3.8) is 0 Å². The summed E-state index contributed by atoms with van der Waals surface area (Å²) >= 11 is 0. The van der Waals surface area contributed by atoms with Gasteiger partial charge in [0.05, 0.1) is 14.2 Å². The first kappa shape index (κ1) is 14.2. The number of hydrogen-bond acceptors (Lipinski definition) is 4. The highest BCUT2D eigenvalue weighted by Gasteiger charge is 2.04. The van der Waals surface area contributed by atoms with Gasteiger partial charge in [-0.15, -0.1) is 0 Å². The predicted octanol–water partition coefficient (Wildman–Crippen LogP) is 3.06. The molecule has 0 saturated carbocycles. The van der Waals surface area contributed by atoms with Crippen LogP contribution < -0.4 is 14.8 Å². The summed E-state index contributed by atoms with van der Waals surface area (Å²) in [5.74, 6) is 2.42. The third-order valence-corrected chi connectivity index (χ3v) is 3.06. The molecule has 0 fully saturated rings. The molecule has 20 heavy (non-hydrogen) atoms. The number of ether oxygens (including phenoxy) is 2. The van der Waals surface area contributed by atoms with Gasteiger partial charge in [-0.2, -0.15) is 0 Å². The summed E-state index contributed by atoms with van der Waals surface area (Å²) < 4.78 is 10.5. The number of benzene rings is 1. The van der Waals surface area contributed by atoms with E-state index in [0.717, 1.165) is 36.0 Å². The van der Waals surface area contributed by atoms with Gasteiger partial charge in [0.15, 0.2) is 11.5 Å². The fraction of sp³-hybridized carbons (Fsp3) is 0.312. The maximum Gasteiger partial charge on any atom is 0.160 e. The average molecular weight is 272 g/mol. The molecule has 4 heteroatoms. The van der Waals surface area contributed by atoms with Gasteiger partial charge in [0, 0.05) is 12.2 Å². The Kier molecular flexibility index (Phi) is 4.82. The number of rotatable bonds is 6. The molecule has 0 radical (unpaired) electrons. The van der Waals surface area contributed by atoms with E-state index in [9.17, 15) is 0 Å². The zero-order chi connectivity index (χ0) is 14.4. The summed E-state index contributed by atoms with van der Waals surface area (Å²) in [4.78, 5) is 4.41. The predicted molar refractivity (Wildman–Crippen MR) is 80.7 cm³/mol. The largest absolute Gasteiger partial charge is 0.493 e. The van der Waals surface area contributed by atoms with Crippen LogP contribution in [0.4, 0.5) is 5.82 Å². The van der Waals surface area contributed by atoms with Gasteiger partial charge < -0.3 is 14.8 Å². The Labute approximate surface area is 119 Å². The van der Waals surface area contributed by atoms with Crippen molar-refractivity contribution in [1.82, 2.24) is 4.98 Å². The van der Waals surface area contributed by atoms with E-state index in [1.807, 2.05) is 43.3 Å². The van der Waals surface area contributed by atoms with Crippen molar-refractivity contribution in [2.75, 3.05) is 26.1 Å². The molecule has 0 spiro atoms. The van der Waals surface area contributed by atoms with E-state index in [1.165, 1.54) is 5.56 Å². The van der Waals surface area contributed by atoms with E-state index in [4.69, 9.17) is 9.47 Å². The molecule has 0 aliphatic carbocycles. The molecule has 0 unspecified atom stereocenters. The molecule has 1 heterocycles. The van der Waals surface area contributed by atoms with Crippen LogP contribution in [0.25, 0.3) is 0 Å². The monoisotopic (exact) mass is 272 g/mol. The lowest BCUT2D eigenvalue weighted by atomic mass is 10.1. The van der Waals surface area contributed by atoms with Gasteiger partial charge in [-0.25, -0.2) is 4.98 Å². The van der Waals surface area contributed by atoms with E-state index >= 15 is 0 Å². The minimum Gasteiger partial charge on any atom is -0.493 e. The topological polar surface area (TPSA) is 43.4 Å². The van der Waals surface area contributed by atoms with E-state index < -0.39 is 0 Å². The fourth-order valence-electron chi connectivity index (χ4n) is 2.01. The Bertz CT molecular complexity index is 570. The average Bonchev–Trinajstić information content (AvgIpc) is 2.47. The van der Waals surface area contributed by atoms with Crippen LogP contribution in [0.1, 0.15) is 11.3 Å². The van der Waals surface area contributed by atoms with Crippen molar-refractivity contribution < 1.29 is 9.47 Å². The number of nitrogens with one attached hydrogen (secondary N) is 1. The van der Waals surface area contributed by atoms with Crippen LogP contribution >= 0.6 is 0 Å². The van der Waals surface area contributed by atoms with Gasteiger partial charge >= 0.3 is 0 Å². The summed E-state index contributed by atoms with van der Waals surface area (Å²) in [6, 6.07) is 11.9. The Morgan fingerprint density at radius 2 is 1.85 bits per heavy atom. The molecule has 0 atom stereocenters. The molecule has 2 rings (SSSR count). The first-order valence-electron chi connectivity index (χ1n) is 6.61. The summed E-state index contributed by atoms with van der Waals surface area (Å²) in [6.07, 6.45) is 0.899. The first-order chi connectivity index (χ1) is 9.72. The lowest BCUT2D eigenvalue weighted by molar-refractivity contribution is 0.354. The smallest absolute Gasteiger partial charge is 0.160 e. The molecule has 4 nitrogen and oxygen atoms in total. The zero-order valence-corrected chi connectivity index (χ0v) is 12.1. The highest BCUT2D eigenvalue weighted by Crippen LogP contribution is 2.27. The second-order valence-corrected chi connectivity index (χ2v) is 4.53. The van der Waals surface area contributed by atoms with Gasteiger partial charge in [0.1, 0.15) is 5.82 Å². The molecule has 0 aliphatic heterocycles. The Hall–Kier alpha value is -2.23. The number of pyridine rings is 1. The third kappa shape index (κ3) is 3.63. The standard InChI is InChI=1S/C16H20N2O2/c1-12-5-4-6-16(18-12)17-10-9-13-7-8-14(19-2)15(11-13)20-3/h4-8,11H,9-10H2,1-3H3,(H,17,18). The summed E-state index contributed by atoms with van der Waals surface area (Å²) in [5.41, 5.74) is 2.21. The highest BCUT2D eigenvalue weighted by molar-refractivity contribution is 5.43.